The molecule has 39 heavy (non-hydrogen) atoms. The number of nitrogens with one attached hydrogen (secondary N) is 1. The minimum atomic E-state index is -0.167. The molecule has 5 rings (SSSR count). The van der Waals surface area contributed by atoms with Crippen LogP contribution in [0.15, 0.2) is 82.7 Å². The molecule has 0 aliphatic carbocycles. The molecule has 1 N–H and O–H groups in total. The van der Waals surface area contributed by atoms with E-state index in [2.05, 4.69) is 20.9 Å². The van der Waals surface area contributed by atoms with Crippen LogP contribution in [0.5, 0.6) is 11.5 Å². The van der Waals surface area contributed by atoms with E-state index >= 15 is 0 Å². The van der Waals surface area contributed by atoms with E-state index in [1.54, 1.807) is 19.2 Å². The van der Waals surface area contributed by atoms with E-state index in [1.807, 2.05) is 74.5 Å². The van der Waals surface area contributed by atoms with Gasteiger partial charge in [0.1, 0.15) is 18.1 Å². The second-order valence-corrected chi connectivity index (χ2v) is 10.7. The largest absolute Gasteiger partial charge is 0.497 e. The summed E-state index contributed by atoms with van der Waals surface area (Å²) >= 11 is 13.6. The van der Waals surface area contributed by atoms with E-state index < -0.39 is 0 Å². The highest BCUT2D eigenvalue weighted by atomic mass is 35.5. The molecule has 9 heteroatoms. The topological polar surface area (TPSA) is 64.8 Å². The van der Waals surface area contributed by atoms with Crippen molar-refractivity contribution in [2.45, 2.75) is 20.5 Å². The maximum Gasteiger partial charge on any atom is 0.264 e. The normalized spacial score (nSPS) is 15.2. The molecule has 198 valence electrons. The molecular formula is C30H25Cl2N3O3S. The van der Waals surface area contributed by atoms with Crippen LogP contribution in [0.2, 0.25) is 10.0 Å². The fourth-order valence-corrected chi connectivity index (χ4v) is 5.51. The number of thioether (sulfide) groups is 1. The van der Waals surface area contributed by atoms with Crippen molar-refractivity contribution in [2.24, 2.45) is 4.99 Å². The summed E-state index contributed by atoms with van der Waals surface area (Å²) in [6, 6.07) is 22.7. The van der Waals surface area contributed by atoms with Gasteiger partial charge in [0.15, 0.2) is 5.17 Å². The lowest BCUT2D eigenvalue weighted by Crippen LogP contribution is -2.19. The molecule has 2 heterocycles. The molecule has 0 spiro atoms. The van der Waals surface area contributed by atoms with Crippen LogP contribution in [0.3, 0.4) is 0 Å². The number of amides is 1. The lowest BCUT2D eigenvalue weighted by Gasteiger charge is -2.12. The third-order valence-corrected chi connectivity index (χ3v) is 7.71. The molecule has 1 fully saturated rings. The Kier molecular flexibility index (Phi) is 8.02. The van der Waals surface area contributed by atoms with Gasteiger partial charge in [-0.25, -0.2) is 4.99 Å². The number of carbonyl (C=O) groups excluding carboxylic acids is 1. The molecule has 0 radical (unpaired) electrons. The van der Waals surface area contributed by atoms with Gasteiger partial charge in [0, 0.05) is 32.7 Å². The molecule has 0 bridgehead atoms. The number of carbonyl (C=O) groups is 1. The fourth-order valence-electron chi connectivity index (χ4n) is 4.22. The number of ether oxygens (including phenoxy) is 2. The zero-order chi connectivity index (χ0) is 27.5. The molecule has 1 amide bonds. The van der Waals surface area contributed by atoms with E-state index in [1.165, 1.54) is 11.8 Å². The Hall–Kier alpha value is -3.65. The first-order valence-electron chi connectivity index (χ1n) is 12.1. The Morgan fingerprint density at radius 1 is 0.974 bits per heavy atom. The summed E-state index contributed by atoms with van der Waals surface area (Å²) in [5.74, 6) is 1.32. The number of nitrogens with zero attached hydrogens (tertiary/aromatic N) is 2. The molecule has 1 saturated heterocycles. The van der Waals surface area contributed by atoms with Crippen molar-refractivity contribution in [3.05, 3.63) is 110 Å². The Morgan fingerprint density at radius 3 is 2.38 bits per heavy atom. The fraction of sp³-hybridized carbons (Fsp3) is 0.133. The van der Waals surface area contributed by atoms with Crippen LogP contribution in [0.1, 0.15) is 22.5 Å². The van der Waals surface area contributed by atoms with Crippen LogP contribution >= 0.6 is 35.0 Å². The third-order valence-electron chi connectivity index (χ3n) is 6.22. The van der Waals surface area contributed by atoms with Gasteiger partial charge in [-0.05, 0) is 104 Å². The Morgan fingerprint density at radius 2 is 1.69 bits per heavy atom. The summed E-state index contributed by atoms with van der Waals surface area (Å²) < 4.78 is 13.3. The SMILES string of the molecule is COc1ccc(N=C2NC(=O)/C(=C\c3cc(C)n(-c4ccc(OCc5ccc(Cl)cc5Cl)cc4)c3C)S2)cc1. The number of amidine groups is 1. The molecule has 1 aliphatic heterocycles. The number of benzene rings is 3. The zero-order valence-corrected chi connectivity index (χ0v) is 23.8. The number of hydrogen-bond acceptors (Lipinski definition) is 5. The van der Waals surface area contributed by atoms with Gasteiger partial charge in [0.25, 0.3) is 5.91 Å². The summed E-state index contributed by atoms with van der Waals surface area (Å²) in [5.41, 5.74) is 5.64. The van der Waals surface area contributed by atoms with E-state index in [0.717, 1.165) is 45.4 Å². The van der Waals surface area contributed by atoms with Crippen LogP contribution in [-0.2, 0) is 11.4 Å². The first-order chi connectivity index (χ1) is 18.8. The number of aryl methyl sites for hydroxylation is 1. The van der Waals surface area contributed by atoms with Crippen LogP contribution in [-0.4, -0.2) is 22.8 Å². The number of halogens is 2. The zero-order valence-electron chi connectivity index (χ0n) is 21.5. The second-order valence-electron chi connectivity index (χ2n) is 8.86. The van der Waals surface area contributed by atoms with Crippen molar-refractivity contribution in [1.29, 1.82) is 0 Å². The van der Waals surface area contributed by atoms with Gasteiger partial charge in [0.2, 0.25) is 0 Å². The van der Waals surface area contributed by atoms with Crippen molar-refractivity contribution >= 4 is 57.8 Å². The first kappa shape index (κ1) is 26.9. The minimum absolute atomic E-state index is 0.167. The highest BCUT2D eigenvalue weighted by molar-refractivity contribution is 8.18. The molecular weight excluding hydrogens is 553 g/mol. The molecule has 3 aromatic carbocycles. The average Bonchev–Trinajstić information content (AvgIpc) is 3.41. The molecule has 0 atom stereocenters. The predicted molar refractivity (Wildman–Crippen MR) is 160 cm³/mol. The predicted octanol–water partition coefficient (Wildman–Crippen LogP) is 7.88. The van der Waals surface area contributed by atoms with Gasteiger partial charge in [-0.15, -0.1) is 0 Å². The Bertz CT molecular complexity index is 1590. The van der Waals surface area contributed by atoms with Crippen LogP contribution in [0, 0.1) is 13.8 Å². The van der Waals surface area contributed by atoms with Gasteiger partial charge >= 0.3 is 0 Å². The van der Waals surface area contributed by atoms with Crippen molar-refractivity contribution in [3.63, 3.8) is 0 Å². The Labute approximate surface area is 241 Å². The first-order valence-corrected chi connectivity index (χ1v) is 13.7. The second kappa shape index (κ2) is 11.6. The van der Waals surface area contributed by atoms with Crippen LogP contribution in [0.4, 0.5) is 5.69 Å². The number of aromatic nitrogens is 1. The van der Waals surface area contributed by atoms with E-state index in [-0.39, 0.29) is 5.91 Å². The Balaban J connectivity index is 1.31. The maximum atomic E-state index is 12.7. The van der Waals surface area contributed by atoms with Gasteiger partial charge in [-0.1, -0.05) is 29.3 Å². The highest BCUT2D eigenvalue weighted by Gasteiger charge is 2.24. The van der Waals surface area contributed by atoms with Crippen molar-refractivity contribution in [3.8, 4) is 17.2 Å². The summed E-state index contributed by atoms with van der Waals surface area (Å²) in [7, 11) is 1.62. The third kappa shape index (κ3) is 6.17. The summed E-state index contributed by atoms with van der Waals surface area (Å²) in [4.78, 5) is 17.8. The van der Waals surface area contributed by atoms with E-state index in [9.17, 15) is 4.79 Å². The maximum absolute atomic E-state index is 12.7. The number of methoxy groups -OCH3 is 1. The molecule has 4 aromatic rings. The van der Waals surface area contributed by atoms with Crippen LogP contribution in [0.25, 0.3) is 11.8 Å². The molecule has 1 aromatic heterocycles. The highest BCUT2D eigenvalue weighted by Crippen LogP contribution is 2.31. The number of rotatable bonds is 7. The smallest absolute Gasteiger partial charge is 0.264 e. The monoisotopic (exact) mass is 577 g/mol. The van der Waals surface area contributed by atoms with Crippen molar-refractivity contribution < 1.29 is 14.3 Å². The van der Waals surface area contributed by atoms with Crippen LogP contribution < -0.4 is 14.8 Å². The molecule has 0 saturated carbocycles. The number of aliphatic imine (C=N–C) groups is 1. The molecule has 6 nitrogen and oxygen atoms in total. The van der Waals surface area contributed by atoms with E-state index in [0.29, 0.717) is 26.7 Å². The lowest BCUT2D eigenvalue weighted by molar-refractivity contribution is -0.115. The van der Waals surface area contributed by atoms with Crippen molar-refractivity contribution in [1.82, 2.24) is 9.88 Å². The standard InChI is InChI=1S/C30H25Cl2N3O3S/c1-18-14-21(15-28-29(36)34-30(39-28)33-23-6-10-25(37-3)11-7-23)19(2)35(18)24-8-12-26(13-9-24)38-17-20-4-5-22(31)16-27(20)32/h4-16H,17H2,1-3H3,(H,33,34,36)/b28-15+. The summed E-state index contributed by atoms with van der Waals surface area (Å²) in [6.07, 6.45) is 1.91. The number of hydrogen-bond donors (Lipinski definition) is 1. The molecule has 1 aliphatic rings. The average molecular weight is 579 g/mol. The van der Waals surface area contributed by atoms with Crippen molar-refractivity contribution in [2.75, 3.05) is 7.11 Å². The van der Waals surface area contributed by atoms with Gasteiger partial charge < -0.3 is 19.4 Å². The summed E-state index contributed by atoms with van der Waals surface area (Å²) in [6.45, 7) is 4.43. The van der Waals surface area contributed by atoms with E-state index in [4.69, 9.17) is 32.7 Å². The van der Waals surface area contributed by atoms with Gasteiger partial charge in [0.05, 0.1) is 17.7 Å². The van der Waals surface area contributed by atoms with Gasteiger partial charge in [-0.3, -0.25) is 4.79 Å². The summed E-state index contributed by atoms with van der Waals surface area (Å²) in [5, 5.41) is 4.56. The lowest BCUT2D eigenvalue weighted by atomic mass is 10.2. The minimum Gasteiger partial charge on any atom is -0.497 e. The van der Waals surface area contributed by atoms with Gasteiger partial charge in [-0.2, -0.15) is 0 Å². The molecule has 0 unspecified atom stereocenters. The quantitative estimate of drug-likeness (QED) is 0.227.